The van der Waals surface area contributed by atoms with Crippen molar-refractivity contribution >= 4 is 39.5 Å². The Morgan fingerprint density at radius 3 is 2.14 bits per heavy atom. The molecule has 1 amide bonds. The second-order valence-electron chi connectivity index (χ2n) is 10.1. The molecule has 43 heavy (non-hydrogen) atoms. The highest BCUT2D eigenvalue weighted by atomic mass is 32.2. The second kappa shape index (κ2) is 14.1. The number of hydrogen-bond acceptors (Lipinski definition) is 9. The van der Waals surface area contributed by atoms with Gasteiger partial charge in [-0.25, -0.2) is 27.4 Å². The Hall–Kier alpha value is -4.46. The molecule has 0 saturated heterocycles. The molecule has 3 rings (SSSR count). The maximum absolute atomic E-state index is 13.8. The van der Waals surface area contributed by atoms with Crippen LogP contribution in [0.5, 0.6) is 5.75 Å². The zero-order valence-corrected chi connectivity index (χ0v) is 25.8. The normalized spacial score (nSPS) is 12.0. The van der Waals surface area contributed by atoms with Crippen LogP contribution in [0.4, 0.5) is 26.6 Å². The first-order valence-corrected chi connectivity index (χ1v) is 15.1. The molecule has 0 bridgehead atoms. The molecule has 1 heterocycles. The molecule has 0 radical (unpaired) electrons. The zero-order chi connectivity index (χ0) is 31.9. The number of carboxylic acids is 1. The van der Waals surface area contributed by atoms with Crippen molar-refractivity contribution in [1.29, 1.82) is 0 Å². The van der Waals surface area contributed by atoms with E-state index in [9.17, 15) is 27.5 Å². The van der Waals surface area contributed by atoms with Crippen molar-refractivity contribution in [3.63, 3.8) is 0 Å². The number of aromatic nitrogens is 2. The van der Waals surface area contributed by atoms with Crippen molar-refractivity contribution in [1.82, 2.24) is 14.9 Å². The number of rotatable bonds is 13. The number of aliphatic carboxylic acids is 1. The van der Waals surface area contributed by atoms with Crippen LogP contribution < -0.4 is 19.3 Å². The number of carbonyl (C=O) groups is 2. The van der Waals surface area contributed by atoms with Crippen molar-refractivity contribution in [2.75, 3.05) is 41.7 Å². The van der Waals surface area contributed by atoms with Gasteiger partial charge in [0.15, 0.2) is 5.82 Å². The van der Waals surface area contributed by atoms with Gasteiger partial charge in [0.25, 0.3) is 10.0 Å². The van der Waals surface area contributed by atoms with E-state index in [0.717, 1.165) is 28.6 Å². The summed E-state index contributed by atoms with van der Waals surface area (Å²) in [7, 11) is -1.12. The summed E-state index contributed by atoms with van der Waals surface area (Å²) in [5.74, 6) is -1.20. The van der Waals surface area contributed by atoms with Gasteiger partial charge < -0.3 is 25.0 Å². The summed E-state index contributed by atoms with van der Waals surface area (Å²) < 4.78 is 47.5. The lowest BCUT2D eigenvalue weighted by Gasteiger charge is -2.31. The Labute approximate surface area is 251 Å². The quantitative estimate of drug-likeness (QED) is 0.286. The fourth-order valence-electron chi connectivity index (χ4n) is 4.18. The van der Waals surface area contributed by atoms with Crippen LogP contribution >= 0.6 is 0 Å². The third-order valence-electron chi connectivity index (χ3n) is 6.42. The van der Waals surface area contributed by atoms with Gasteiger partial charge in [0.05, 0.1) is 11.1 Å². The third-order valence-corrected chi connectivity index (χ3v) is 8.43. The molecule has 3 aromatic rings. The van der Waals surface area contributed by atoms with Gasteiger partial charge in [-0.15, -0.1) is 0 Å². The maximum atomic E-state index is 13.8. The maximum Gasteiger partial charge on any atom is 0.414 e. The number of benzene rings is 2. The molecule has 0 aliphatic carbocycles. The predicted molar refractivity (Wildman–Crippen MR) is 162 cm³/mol. The van der Waals surface area contributed by atoms with Crippen LogP contribution in [-0.4, -0.2) is 79.7 Å². The fourth-order valence-corrected chi connectivity index (χ4v) is 5.84. The van der Waals surface area contributed by atoms with Crippen molar-refractivity contribution in [2.24, 2.45) is 0 Å². The van der Waals surface area contributed by atoms with Crippen LogP contribution in [0.2, 0.25) is 0 Å². The summed E-state index contributed by atoms with van der Waals surface area (Å²) in [6.45, 7) is 8.25. The van der Waals surface area contributed by atoms with Crippen molar-refractivity contribution in [2.45, 2.75) is 51.1 Å². The molecule has 14 heteroatoms. The van der Waals surface area contributed by atoms with Gasteiger partial charge in [0.2, 0.25) is 5.95 Å². The first-order valence-electron chi connectivity index (χ1n) is 13.7. The van der Waals surface area contributed by atoms with E-state index in [1.54, 1.807) is 52.2 Å². The van der Waals surface area contributed by atoms with Gasteiger partial charge in [0, 0.05) is 39.6 Å². The number of sulfonamides is 1. The van der Waals surface area contributed by atoms with Crippen molar-refractivity contribution in [3.05, 3.63) is 66.1 Å². The molecule has 2 N–H and O–H groups in total. The minimum atomic E-state index is -4.23. The summed E-state index contributed by atoms with van der Waals surface area (Å²) in [5, 5.41) is 13.1. The molecular formula is C29H37FN6O6S. The molecular weight excluding hydrogens is 579 g/mol. The molecule has 0 unspecified atom stereocenters. The van der Waals surface area contributed by atoms with Crippen LogP contribution in [0.1, 0.15) is 33.3 Å². The Morgan fingerprint density at radius 1 is 1.02 bits per heavy atom. The van der Waals surface area contributed by atoms with Gasteiger partial charge >= 0.3 is 12.1 Å². The first kappa shape index (κ1) is 33.0. The van der Waals surface area contributed by atoms with Crippen molar-refractivity contribution in [3.8, 4) is 5.75 Å². The summed E-state index contributed by atoms with van der Waals surface area (Å²) in [6.07, 6.45) is 0.785. The molecule has 0 aliphatic rings. The number of amides is 1. The van der Waals surface area contributed by atoms with Crippen LogP contribution in [0.25, 0.3) is 0 Å². The molecule has 232 valence electrons. The first-order chi connectivity index (χ1) is 20.3. The summed E-state index contributed by atoms with van der Waals surface area (Å²) in [5.41, 5.74) is 0.649. The fraction of sp³-hybridized carbons (Fsp3) is 0.379. The molecule has 0 spiro atoms. The smallest absolute Gasteiger partial charge is 0.414 e. The zero-order valence-electron chi connectivity index (χ0n) is 25.0. The van der Waals surface area contributed by atoms with E-state index in [2.05, 4.69) is 15.3 Å². The van der Waals surface area contributed by atoms with Gasteiger partial charge in [-0.05, 0) is 69.7 Å². The van der Waals surface area contributed by atoms with E-state index in [-0.39, 0.29) is 28.8 Å². The third kappa shape index (κ3) is 8.09. The summed E-state index contributed by atoms with van der Waals surface area (Å²) >= 11 is 0. The highest BCUT2D eigenvalue weighted by molar-refractivity contribution is 7.92. The predicted octanol–water partition coefficient (Wildman–Crippen LogP) is 4.23. The van der Waals surface area contributed by atoms with E-state index >= 15 is 0 Å². The van der Waals surface area contributed by atoms with Crippen molar-refractivity contribution < 1.29 is 32.2 Å². The Balaban J connectivity index is 2.05. The number of anilines is 3. The SMILES string of the molecule is CCN(CC)c1ncc(N(C(C)C)S(=O)(=O)c2ccc(F)cc2)c(N[C@@H](Cc2ccc(OC(=O)N(C)C)cc2)C(=O)O)n1. The van der Waals surface area contributed by atoms with Gasteiger partial charge in [-0.3, -0.25) is 4.31 Å². The Morgan fingerprint density at radius 2 is 1.63 bits per heavy atom. The molecule has 0 fully saturated rings. The van der Waals surface area contributed by atoms with E-state index in [4.69, 9.17) is 4.74 Å². The van der Waals surface area contributed by atoms with Crippen LogP contribution in [0.15, 0.2) is 59.6 Å². The Kier molecular flexibility index (Phi) is 10.9. The highest BCUT2D eigenvalue weighted by Crippen LogP contribution is 2.33. The number of halogens is 1. The number of nitrogens with one attached hydrogen (secondary N) is 1. The topological polar surface area (TPSA) is 145 Å². The van der Waals surface area contributed by atoms with E-state index in [0.29, 0.717) is 24.4 Å². The molecule has 1 aromatic heterocycles. The monoisotopic (exact) mass is 616 g/mol. The minimum Gasteiger partial charge on any atom is -0.480 e. The molecule has 12 nitrogen and oxygen atoms in total. The molecule has 0 aliphatic heterocycles. The second-order valence-corrected chi connectivity index (χ2v) is 11.9. The van der Waals surface area contributed by atoms with Crippen LogP contribution in [-0.2, 0) is 21.2 Å². The van der Waals surface area contributed by atoms with Crippen LogP contribution in [0.3, 0.4) is 0 Å². The largest absolute Gasteiger partial charge is 0.480 e. The average Bonchev–Trinajstić information content (AvgIpc) is 2.95. The Bertz CT molecular complexity index is 1510. The van der Waals surface area contributed by atoms with Crippen LogP contribution in [0, 0.1) is 5.82 Å². The average molecular weight is 617 g/mol. The molecule has 0 saturated carbocycles. The lowest BCUT2D eigenvalue weighted by atomic mass is 10.1. The van der Waals surface area contributed by atoms with E-state index in [1.165, 1.54) is 11.1 Å². The minimum absolute atomic E-state index is 0.000204. The van der Waals surface area contributed by atoms with Gasteiger partial charge in [0.1, 0.15) is 23.3 Å². The summed E-state index contributed by atoms with van der Waals surface area (Å²) in [6, 6.07) is 8.95. The standard InChI is InChI=1S/C29H37FN6O6S/c1-7-35(8-2)28-31-18-25(36(19(3)4)43(40,41)23-15-11-21(30)12-16-23)26(33-28)32-24(27(37)38)17-20-9-13-22(14-10-20)42-29(39)34(5)6/h9-16,18-19,24H,7-8,17H2,1-6H3,(H,37,38)(H,31,32,33)/t24-/m0/s1. The van der Waals surface area contributed by atoms with E-state index in [1.807, 2.05) is 18.7 Å². The summed E-state index contributed by atoms with van der Waals surface area (Å²) in [4.78, 5) is 36.2. The number of hydrogen-bond donors (Lipinski definition) is 2. The number of nitrogens with zero attached hydrogens (tertiary/aromatic N) is 5. The number of carbonyl (C=O) groups excluding carboxylic acids is 1. The van der Waals surface area contributed by atoms with E-state index < -0.39 is 40.0 Å². The lowest BCUT2D eigenvalue weighted by molar-refractivity contribution is -0.137. The number of ether oxygens (including phenoxy) is 1. The highest BCUT2D eigenvalue weighted by Gasteiger charge is 2.32. The molecule has 2 aromatic carbocycles. The number of carboxylic acid groups (broad SMARTS) is 1. The molecule has 1 atom stereocenters. The lowest BCUT2D eigenvalue weighted by Crippen LogP contribution is -2.39. The van der Waals surface area contributed by atoms with Gasteiger partial charge in [-0.1, -0.05) is 12.1 Å². The van der Waals surface area contributed by atoms with Gasteiger partial charge in [-0.2, -0.15) is 4.98 Å².